The molecule has 11 aliphatic rings. The molecule has 19 unspecified atom stereocenters. The van der Waals surface area contributed by atoms with Gasteiger partial charge >= 0.3 is 0 Å². The molecule has 11 rings (SSSR count). The molecule has 3 aliphatic heterocycles. The summed E-state index contributed by atoms with van der Waals surface area (Å²) in [5.74, 6) is 12.2. The zero-order chi connectivity index (χ0) is 33.0. The minimum Gasteiger partial charge on any atom is -0.396 e. The molecule has 5 heteroatoms. The quantitative estimate of drug-likeness (QED) is 0.253. The van der Waals surface area contributed by atoms with Crippen molar-refractivity contribution in [1.82, 2.24) is 5.32 Å². The highest BCUT2D eigenvalue weighted by Gasteiger charge is 2.80. The summed E-state index contributed by atoms with van der Waals surface area (Å²) >= 11 is 0. The highest BCUT2D eigenvalue weighted by atomic mass is 16.5. The van der Waals surface area contributed by atoms with Crippen LogP contribution in [0.5, 0.6) is 0 Å². The van der Waals surface area contributed by atoms with Crippen molar-refractivity contribution in [2.75, 3.05) is 13.2 Å². The number of rotatable bonds is 4. The van der Waals surface area contributed by atoms with Gasteiger partial charge in [0.2, 0.25) is 0 Å². The maximum absolute atomic E-state index is 10.9. The zero-order valence-corrected chi connectivity index (χ0v) is 31.1. The molecular weight excluding hydrogens is 590 g/mol. The molecule has 11 fully saturated rings. The Hall–Kier alpha value is -0.200. The van der Waals surface area contributed by atoms with E-state index in [1.165, 1.54) is 83.5 Å². The van der Waals surface area contributed by atoms with Gasteiger partial charge in [0.15, 0.2) is 0 Å². The highest BCUT2D eigenvalue weighted by molar-refractivity contribution is 5.30. The number of aliphatic hydroxyl groups excluding tert-OH is 1. The minimum atomic E-state index is -0.291. The Balaban J connectivity index is 1.15. The van der Waals surface area contributed by atoms with Crippen molar-refractivity contribution >= 4 is 0 Å². The van der Waals surface area contributed by atoms with E-state index in [1.807, 2.05) is 0 Å². The number of piperidine rings is 1. The molecule has 270 valence electrons. The molecule has 3 heterocycles. The van der Waals surface area contributed by atoms with Crippen LogP contribution in [-0.4, -0.2) is 41.2 Å². The third kappa shape index (κ3) is 4.27. The van der Waals surface area contributed by atoms with Gasteiger partial charge < -0.3 is 26.6 Å². The first-order valence-electron chi connectivity index (χ1n) is 21.6. The van der Waals surface area contributed by atoms with Gasteiger partial charge in [0.1, 0.15) is 0 Å². The average molecular weight is 662 g/mol. The molecule has 0 amide bonds. The number of nitrogens with two attached hydrogens (primary N) is 2. The second-order valence-corrected chi connectivity index (χ2v) is 21.7. The van der Waals surface area contributed by atoms with Gasteiger partial charge in [-0.15, -0.1) is 0 Å². The van der Waals surface area contributed by atoms with E-state index < -0.39 is 0 Å². The van der Waals surface area contributed by atoms with Crippen LogP contribution in [0, 0.1) is 100 Å². The highest BCUT2D eigenvalue weighted by Crippen LogP contribution is 2.79. The topological polar surface area (TPSA) is 93.5 Å². The number of fused-ring (bicyclic) bond motifs is 1. The summed E-state index contributed by atoms with van der Waals surface area (Å²) in [4.78, 5) is 0. The van der Waals surface area contributed by atoms with Gasteiger partial charge in [-0.3, -0.25) is 0 Å². The average Bonchev–Trinajstić information content (AvgIpc) is 3.41. The second kappa shape index (κ2) is 10.9. The van der Waals surface area contributed by atoms with Crippen molar-refractivity contribution in [1.29, 1.82) is 0 Å². The summed E-state index contributed by atoms with van der Waals surface area (Å²) < 4.78 is 7.98. The zero-order valence-electron chi connectivity index (χ0n) is 31.1. The van der Waals surface area contributed by atoms with E-state index in [0.29, 0.717) is 29.1 Å². The van der Waals surface area contributed by atoms with Crippen LogP contribution in [0.15, 0.2) is 0 Å². The van der Waals surface area contributed by atoms with E-state index in [-0.39, 0.29) is 35.4 Å². The standard InChI is InChI=1S/C43H71N3O2/c1-23(2)16-24-14-15-41(17-24)18-31-34(26-9-13-33(44)46-20-26)28-7-5-6-25-8-11-29-37(35(25)28)36(31)32(19-41)43-22-42(45)27(21-47)10-12-30(38(29)43)39(42)40(3,4)48-43/h23-39,46-47H,5-22,44-45H2,1-4H3. The van der Waals surface area contributed by atoms with E-state index >= 15 is 0 Å². The molecule has 0 aromatic carbocycles. The molecule has 8 aliphatic carbocycles. The van der Waals surface area contributed by atoms with Crippen molar-refractivity contribution in [3.05, 3.63) is 0 Å². The lowest BCUT2D eigenvalue weighted by Crippen LogP contribution is -2.85. The van der Waals surface area contributed by atoms with Gasteiger partial charge in [-0.2, -0.15) is 0 Å². The van der Waals surface area contributed by atoms with Gasteiger partial charge in [-0.05, 0) is 199 Å². The molecule has 0 radical (unpaired) electrons. The van der Waals surface area contributed by atoms with Gasteiger partial charge in [-0.25, -0.2) is 0 Å². The summed E-state index contributed by atoms with van der Waals surface area (Å²) in [6, 6.07) is 0. The first kappa shape index (κ1) is 32.5. The lowest BCUT2D eigenvalue weighted by Gasteiger charge is -2.81. The minimum absolute atomic E-state index is 0.106. The summed E-state index contributed by atoms with van der Waals surface area (Å²) in [6.07, 6.45) is 22.3. The maximum Gasteiger partial charge on any atom is 0.0772 e. The van der Waals surface area contributed by atoms with Crippen LogP contribution in [0.2, 0.25) is 0 Å². The molecule has 3 saturated heterocycles. The largest absolute Gasteiger partial charge is 0.396 e. The lowest BCUT2D eigenvalue weighted by atomic mass is 9.29. The summed E-state index contributed by atoms with van der Waals surface area (Å²) in [5.41, 5.74) is 14.3. The fourth-order valence-corrected chi connectivity index (χ4v) is 18.8. The molecule has 0 aromatic heterocycles. The van der Waals surface area contributed by atoms with Crippen molar-refractivity contribution in [2.45, 2.75) is 153 Å². The van der Waals surface area contributed by atoms with Crippen molar-refractivity contribution in [3.63, 3.8) is 0 Å². The maximum atomic E-state index is 10.9. The monoisotopic (exact) mass is 662 g/mol. The van der Waals surface area contributed by atoms with Crippen LogP contribution in [0.25, 0.3) is 0 Å². The van der Waals surface area contributed by atoms with Crippen molar-refractivity contribution < 1.29 is 9.84 Å². The third-order valence-corrected chi connectivity index (χ3v) is 19.1. The van der Waals surface area contributed by atoms with Crippen LogP contribution in [0.3, 0.4) is 0 Å². The molecule has 4 bridgehead atoms. The SMILES string of the molecule is CC(C)CC1CCC2(C1)CC1C(C3CCC(N)NC3)C3CCCC4CCC5C(C43)C1C(C2)C12CC3(N)C(CO)CCC(C3C(C)(C)O1)C52. The van der Waals surface area contributed by atoms with E-state index in [4.69, 9.17) is 16.2 Å². The van der Waals surface area contributed by atoms with Crippen LogP contribution in [-0.2, 0) is 4.74 Å². The van der Waals surface area contributed by atoms with Gasteiger partial charge in [0.25, 0.3) is 0 Å². The van der Waals surface area contributed by atoms with Crippen LogP contribution < -0.4 is 16.8 Å². The Labute approximate surface area is 292 Å². The summed E-state index contributed by atoms with van der Waals surface area (Å²) in [5, 5.41) is 14.7. The predicted octanol–water partition coefficient (Wildman–Crippen LogP) is 7.35. The number of nitrogens with one attached hydrogen (secondary N) is 1. The fourth-order valence-electron chi connectivity index (χ4n) is 18.8. The Morgan fingerprint density at radius 3 is 2.40 bits per heavy atom. The molecule has 6 N–H and O–H groups in total. The van der Waals surface area contributed by atoms with Gasteiger partial charge in [0.05, 0.1) is 17.4 Å². The second-order valence-electron chi connectivity index (χ2n) is 21.7. The molecule has 8 saturated carbocycles. The van der Waals surface area contributed by atoms with E-state index in [9.17, 15) is 5.11 Å². The molecular formula is C43H71N3O2. The van der Waals surface area contributed by atoms with Gasteiger partial charge in [-0.1, -0.05) is 26.7 Å². The molecule has 5 nitrogen and oxygen atoms in total. The van der Waals surface area contributed by atoms with E-state index in [1.54, 1.807) is 0 Å². The first-order chi connectivity index (χ1) is 23.0. The Morgan fingerprint density at radius 1 is 0.812 bits per heavy atom. The van der Waals surface area contributed by atoms with Crippen molar-refractivity contribution in [3.8, 4) is 0 Å². The molecule has 2 spiro atoms. The number of aliphatic hydroxyl groups is 1. The molecule has 19 atom stereocenters. The lowest BCUT2D eigenvalue weighted by molar-refractivity contribution is -0.395. The third-order valence-electron chi connectivity index (χ3n) is 19.1. The van der Waals surface area contributed by atoms with Gasteiger partial charge in [0, 0.05) is 24.0 Å². The smallest absolute Gasteiger partial charge is 0.0772 e. The normalized spacial score (nSPS) is 60.5. The van der Waals surface area contributed by atoms with E-state index in [2.05, 4.69) is 33.0 Å². The number of hydrogen-bond donors (Lipinski definition) is 4. The molecule has 48 heavy (non-hydrogen) atoms. The Bertz CT molecular complexity index is 1260. The van der Waals surface area contributed by atoms with E-state index in [0.717, 1.165) is 90.9 Å². The Kier molecular flexibility index (Phi) is 7.38. The fraction of sp³-hybridized carbons (Fsp3) is 1.00. The molecule has 0 aromatic rings. The van der Waals surface area contributed by atoms with Crippen LogP contribution in [0.4, 0.5) is 0 Å². The summed E-state index contributed by atoms with van der Waals surface area (Å²) in [6.45, 7) is 11.2. The van der Waals surface area contributed by atoms with Crippen LogP contribution >= 0.6 is 0 Å². The predicted molar refractivity (Wildman–Crippen MR) is 191 cm³/mol. The first-order valence-corrected chi connectivity index (χ1v) is 21.6. The van der Waals surface area contributed by atoms with Crippen molar-refractivity contribution in [2.24, 2.45) is 112 Å². The number of ether oxygens (including phenoxy) is 1. The number of hydrogen-bond acceptors (Lipinski definition) is 5. The van der Waals surface area contributed by atoms with Crippen LogP contribution in [0.1, 0.15) is 130 Å². The summed E-state index contributed by atoms with van der Waals surface area (Å²) in [7, 11) is 0. The Morgan fingerprint density at radius 2 is 1.62 bits per heavy atom.